The fourth-order valence-electron chi connectivity index (χ4n) is 3.55. The molecule has 1 atom stereocenters. The Morgan fingerprint density at radius 3 is 2.70 bits per heavy atom. The first-order chi connectivity index (χ1) is 14.5. The van der Waals surface area contributed by atoms with Crippen LogP contribution in [0, 0.1) is 18.7 Å². The smallest absolute Gasteiger partial charge is 0.321 e. The molecule has 3 amide bonds. The third-order valence-corrected chi connectivity index (χ3v) is 5.33. The van der Waals surface area contributed by atoms with Gasteiger partial charge in [0.25, 0.3) is 0 Å². The zero-order valence-corrected chi connectivity index (χ0v) is 17.4. The van der Waals surface area contributed by atoms with Gasteiger partial charge in [0.15, 0.2) is 0 Å². The van der Waals surface area contributed by atoms with Crippen molar-refractivity contribution in [3.8, 4) is 5.75 Å². The molecule has 1 aliphatic heterocycles. The molecular formula is C23H28FN3O3. The van der Waals surface area contributed by atoms with Crippen molar-refractivity contribution in [3.05, 3.63) is 59.9 Å². The van der Waals surface area contributed by atoms with E-state index in [0.717, 1.165) is 24.2 Å². The topological polar surface area (TPSA) is 61.9 Å². The number of carbonyl (C=O) groups is 2. The lowest BCUT2D eigenvalue weighted by Crippen LogP contribution is -2.47. The van der Waals surface area contributed by atoms with E-state index in [1.807, 2.05) is 31.2 Å². The second kappa shape index (κ2) is 10.1. The summed E-state index contributed by atoms with van der Waals surface area (Å²) >= 11 is 0. The number of anilines is 1. The number of hydrogen-bond donors (Lipinski definition) is 1. The van der Waals surface area contributed by atoms with Crippen molar-refractivity contribution in [1.29, 1.82) is 0 Å². The summed E-state index contributed by atoms with van der Waals surface area (Å²) in [7, 11) is 1.75. The molecule has 1 fully saturated rings. The first-order valence-electron chi connectivity index (χ1n) is 10.2. The number of nitrogens with one attached hydrogen (secondary N) is 1. The fourth-order valence-corrected chi connectivity index (χ4v) is 3.55. The summed E-state index contributed by atoms with van der Waals surface area (Å²) in [5, 5.41) is 2.59. The van der Waals surface area contributed by atoms with Crippen LogP contribution in [0.25, 0.3) is 0 Å². The van der Waals surface area contributed by atoms with Gasteiger partial charge in [0.2, 0.25) is 5.91 Å². The lowest BCUT2D eigenvalue weighted by Gasteiger charge is -2.34. The molecule has 2 aromatic rings. The van der Waals surface area contributed by atoms with Crippen LogP contribution in [-0.4, -0.2) is 55.0 Å². The minimum atomic E-state index is -0.483. The Hall–Kier alpha value is -3.09. The number of rotatable bonds is 6. The number of likely N-dealkylation sites (tertiary alicyclic amines) is 1. The van der Waals surface area contributed by atoms with Crippen LogP contribution >= 0.6 is 0 Å². The molecule has 0 spiro atoms. The van der Waals surface area contributed by atoms with Crippen molar-refractivity contribution in [2.45, 2.75) is 19.8 Å². The molecular weight excluding hydrogens is 385 g/mol. The van der Waals surface area contributed by atoms with Crippen molar-refractivity contribution >= 4 is 17.6 Å². The highest BCUT2D eigenvalue weighted by molar-refractivity contribution is 5.90. The summed E-state index contributed by atoms with van der Waals surface area (Å²) in [6.07, 6.45) is 1.46. The monoisotopic (exact) mass is 413 g/mol. The number of urea groups is 1. The third kappa shape index (κ3) is 5.49. The number of ether oxygens (including phenoxy) is 1. The van der Waals surface area contributed by atoms with Crippen molar-refractivity contribution in [2.75, 3.05) is 38.6 Å². The maximum Gasteiger partial charge on any atom is 0.321 e. The lowest BCUT2D eigenvalue weighted by molar-refractivity contribution is -0.135. The summed E-state index contributed by atoms with van der Waals surface area (Å²) in [5.74, 6) is 0.0521. The largest absolute Gasteiger partial charge is 0.491 e. The molecule has 0 aliphatic carbocycles. The molecule has 30 heavy (non-hydrogen) atoms. The van der Waals surface area contributed by atoms with Crippen LogP contribution < -0.4 is 10.1 Å². The number of carbonyl (C=O) groups excluding carboxylic acids is 2. The van der Waals surface area contributed by atoms with Crippen LogP contribution in [0.4, 0.5) is 14.9 Å². The second-order valence-electron chi connectivity index (χ2n) is 7.57. The van der Waals surface area contributed by atoms with Gasteiger partial charge >= 0.3 is 6.03 Å². The zero-order valence-electron chi connectivity index (χ0n) is 17.4. The van der Waals surface area contributed by atoms with Gasteiger partial charge in [-0.05, 0) is 43.5 Å². The van der Waals surface area contributed by atoms with Crippen LogP contribution in [0.15, 0.2) is 48.5 Å². The molecule has 1 aliphatic rings. The number of hydrogen-bond acceptors (Lipinski definition) is 3. The number of amides is 3. The standard InChI is InChI=1S/C23H28FN3O3/c1-17-8-3-6-12-21(17)30-15-14-26(2)22(28)18-9-7-13-27(16-18)23(29)25-20-11-5-4-10-19(20)24/h3-6,8,10-12,18H,7,9,13-16H2,1-2H3,(H,25,29)/t18-/m0/s1. The summed E-state index contributed by atoms with van der Waals surface area (Å²) < 4.78 is 19.6. The van der Waals surface area contributed by atoms with Crippen molar-refractivity contribution < 1.29 is 18.7 Å². The molecule has 0 aromatic heterocycles. The molecule has 160 valence electrons. The van der Waals surface area contributed by atoms with E-state index in [0.29, 0.717) is 26.2 Å². The molecule has 6 nitrogen and oxygen atoms in total. The van der Waals surface area contributed by atoms with E-state index in [1.54, 1.807) is 29.0 Å². The van der Waals surface area contributed by atoms with Crippen molar-refractivity contribution in [3.63, 3.8) is 0 Å². The fraction of sp³-hybridized carbons (Fsp3) is 0.391. The average Bonchev–Trinajstić information content (AvgIpc) is 2.76. The number of para-hydroxylation sites is 2. The van der Waals surface area contributed by atoms with Crippen LogP contribution in [0.1, 0.15) is 18.4 Å². The number of likely N-dealkylation sites (N-methyl/N-ethyl adjacent to an activating group) is 1. The van der Waals surface area contributed by atoms with Gasteiger partial charge < -0.3 is 19.9 Å². The first kappa shape index (κ1) is 21.6. The number of aryl methyl sites for hydroxylation is 1. The highest BCUT2D eigenvalue weighted by Crippen LogP contribution is 2.21. The van der Waals surface area contributed by atoms with E-state index in [4.69, 9.17) is 4.74 Å². The highest BCUT2D eigenvalue weighted by atomic mass is 19.1. The van der Waals surface area contributed by atoms with Gasteiger partial charge in [-0.1, -0.05) is 30.3 Å². The number of piperidine rings is 1. The van der Waals surface area contributed by atoms with E-state index in [9.17, 15) is 14.0 Å². The van der Waals surface area contributed by atoms with Crippen LogP contribution in [0.2, 0.25) is 0 Å². The zero-order chi connectivity index (χ0) is 21.5. The van der Waals surface area contributed by atoms with Crippen LogP contribution in [0.5, 0.6) is 5.75 Å². The summed E-state index contributed by atoms with van der Waals surface area (Å²) in [6, 6.07) is 13.4. The van der Waals surface area contributed by atoms with Gasteiger partial charge in [0.1, 0.15) is 18.2 Å². The SMILES string of the molecule is Cc1ccccc1OCCN(C)C(=O)[C@H]1CCCN(C(=O)Nc2ccccc2F)C1. The predicted molar refractivity (Wildman–Crippen MR) is 114 cm³/mol. The predicted octanol–water partition coefficient (Wildman–Crippen LogP) is 3.92. The second-order valence-corrected chi connectivity index (χ2v) is 7.57. The van der Waals surface area contributed by atoms with Crippen molar-refractivity contribution in [2.24, 2.45) is 5.92 Å². The minimum absolute atomic E-state index is 0.00762. The van der Waals surface area contributed by atoms with E-state index >= 15 is 0 Å². The van der Waals surface area contributed by atoms with E-state index in [1.165, 1.54) is 12.1 Å². The van der Waals surface area contributed by atoms with Crippen molar-refractivity contribution in [1.82, 2.24) is 9.80 Å². The summed E-state index contributed by atoms with van der Waals surface area (Å²) in [5.41, 5.74) is 1.19. The summed E-state index contributed by atoms with van der Waals surface area (Å²) in [6.45, 7) is 3.71. The minimum Gasteiger partial charge on any atom is -0.491 e. The molecule has 1 heterocycles. The quantitative estimate of drug-likeness (QED) is 0.781. The summed E-state index contributed by atoms with van der Waals surface area (Å²) in [4.78, 5) is 28.6. The number of nitrogens with zero attached hydrogens (tertiary/aromatic N) is 2. The van der Waals surface area contributed by atoms with Crippen LogP contribution in [-0.2, 0) is 4.79 Å². The Balaban J connectivity index is 1.50. The molecule has 0 radical (unpaired) electrons. The van der Waals surface area contributed by atoms with E-state index in [-0.39, 0.29) is 23.5 Å². The Labute approximate surface area is 176 Å². The number of benzene rings is 2. The Morgan fingerprint density at radius 2 is 1.93 bits per heavy atom. The van der Waals surface area contributed by atoms with Gasteiger partial charge in [-0.2, -0.15) is 0 Å². The van der Waals surface area contributed by atoms with E-state index < -0.39 is 5.82 Å². The van der Waals surface area contributed by atoms with E-state index in [2.05, 4.69) is 5.32 Å². The molecule has 0 unspecified atom stereocenters. The normalized spacial score (nSPS) is 16.1. The first-order valence-corrected chi connectivity index (χ1v) is 10.2. The molecule has 2 aromatic carbocycles. The van der Waals surface area contributed by atoms with Gasteiger partial charge in [0, 0.05) is 20.1 Å². The van der Waals surface area contributed by atoms with Gasteiger partial charge in [-0.25, -0.2) is 9.18 Å². The van der Waals surface area contributed by atoms with Crippen LogP contribution in [0.3, 0.4) is 0 Å². The molecule has 1 saturated heterocycles. The average molecular weight is 413 g/mol. The Kier molecular flexibility index (Phi) is 7.27. The molecule has 0 saturated carbocycles. The molecule has 0 bridgehead atoms. The molecule has 7 heteroatoms. The van der Waals surface area contributed by atoms with Gasteiger partial charge in [-0.3, -0.25) is 4.79 Å². The lowest BCUT2D eigenvalue weighted by atomic mass is 9.97. The maximum absolute atomic E-state index is 13.8. The van der Waals surface area contributed by atoms with Gasteiger partial charge in [-0.15, -0.1) is 0 Å². The Morgan fingerprint density at radius 1 is 1.20 bits per heavy atom. The highest BCUT2D eigenvalue weighted by Gasteiger charge is 2.30. The Bertz CT molecular complexity index is 890. The maximum atomic E-state index is 13.8. The number of halogens is 1. The molecule has 1 N–H and O–H groups in total. The van der Waals surface area contributed by atoms with Gasteiger partial charge in [0.05, 0.1) is 18.2 Å². The molecule has 3 rings (SSSR count). The third-order valence-electron chi connectivity index (χ3n) is 5.33.